The Balaban J connectivity index is 1.36. The average molecular weight is 405 g/mol. The van der Waals surface area contributed by atoms with Crippen molar-refractivity contribution in [3.05, 3.63) is 54.7 Å². The Morgan fingerprint density at radius 1 is 0.931 bits per heavy atom. The summed E-state index contributed by atoms with van der Waals surface area (Å²) in [6.45, 7) is 4.36. The van der Waals surface area contributed by atoms with Gasteiger partial charge in [-0.25, -0.2) is 9.97 Å². The molecule has 0 atom stereocenters. The molecule has 0 unspecified atom stereocenters. The molecule has 1 N–H and O–H groups in total. The lowest BCUT2D eigenvalue weighted by Gasteiger charge is -2.34. The van der Waals surface area contributed by atoms with Crippen molar-refractivity contribution in [3.8, 4) is 11.3 Å². The van der Waals surface area contributed by atoms with Crippen LogP contribution in [0.15, 0.2) is 59.6 Å². The topological polar surface area (TPSA) is 47.5 Å². The third-order valence-corrected chi connectivity index (χ3v) is 6.45. The molecule has 1 saturated heterocycles. The SMILES string of the molecule is CN1CCN(c2ccc(Nc3ncc4c(n3)-c3ccccc3N(C)S4)cc2)CC1. The van der Waals surface area contributed by atoms with E-state index in [2.05, 4.69) is 87.0 Å². The summed E-state index contributed by atoms with van der Waals surface area (Å²) >= 11 is 1.66. The Bertz CT molecular complexity index is 1010. The first-order valence-corrected chi connectivity index (χ1v) is 10.6. The molecule has 29 heavy (non-hydrogen) atoms. The van der Waals surface area contributed by atoms with Crippen LogP contribution in [0.4, 0.5) is 23.0 Å². The number of hydrogen-bond acceptors (Lipinski definition) is 7. The molecule has 2 aliphatic rings. The van der Waals surface area contributed by atoms with Crippen LogP contribution in [-0.2, 0) is 0 Å². The minimum absolute atomic E-state index is 0.621. The molecule has 2 aliphatic heterocycles. The van der Waals surface area contributed by atoms with Crippen LogP contribution in [-0.4, -0.2) is 55.1 Å². The van der Waals surface area contributed by atoms with Crippen molar-refractivity contribution >= 4 is 35.0 Å². The van der Waals surface area contributed by atoms with Crippen LogP contribution in [0.25, 0.3) is 11.3 Å². The van der Waals surface area contributed by atoms with E-state index in [-0.39, 0.29) is 0 Å². The van der Waals surface area contributed by atoms with Crippen molar-refractivity contribution < 1.29 is 0 Å². The van der Waals surface area contributed by atoms with Crippen molar-refractivity contribution in [2.45, 2.75) is 4.90 Å². The fourth-order valence-electron chi connectivity index (χ4n) is 3.79. The number of hydrogen-bond donors (Lipinski definition) is 1. The Hall–Kier alpha value is -2.77. The molecule has 0 aliphatic carbocycles. The zero-order valence-corrected chi connectivity index (χ0v) is 17.5. The first kappa shape index (κ1) is 18.3. The molecule has 148 valence electrons. The predicted molar refractivity (Wildman–Crippen MR) is 121 cm³/mol. The number of likely N-dealkylation sites (N-methyl/N-ethyl adjacent to an activating group) is 1. The molecule has 3 heterocycles. The van der Waals surface area contributed by atoms with Gasteiger partial charge in [-0.3, -0.25) is 0 Å². The first-order chi connectivity index (χ1) is 14.2. The molecule has 0 amide bonds. The predicted octanol–water partition coefficient (Wildman–Crippen LogP) is 4.10. The van der Waals surface area contributed by atoms with Gasteiger partial charge in [-0.05, 0) is 49.3 Å². The maximum Gasteiger partial charge on any atom is 0.227 e. The van der Waals surface area contributed by atoms with Crippen LogP contribution in [0.2, 0.25) is 0 Å². The zero-order chi connectivity index (χ0) is 19.8. The highest BCUT2D eigenvalue weighted by Gasteiger charge is 2.22. The van der Waals surface area contributed by atoms with Gasteiger partial charge < -0.3 is 19.4 Å². The van der Waals surface area contributed by atoms with E-state index in [1.54, 1.807) is 11.9 Å². The Morgan fingerprint density at radius 3 is 2.48 bits per heavy atom. The number of benzene rings is 2. The molecule has 0 saturated carbocycles. The molecule has 7 heteroatoms. The van der Waals surface area contributed by atoms with Crippen LogP contribution in [0, 0.1) is 0 Å². The molecular weight excluding hydrogens is 380 g/mol. The van der Waals surface area contributed by atoms with Gasteiger partial charge in [0.2, 0.25) is 5.95 Å². The summed E-state index contributed by atoms with van der Waals surface area (Å²) in [5, 5.41) is 3.36. The van der Waals surface area contributed by atoms with E-state index in [1.807, 2.05) is 6.20 Å². The number of para-hydroxylation sites is 1. The van der Waals surface area contributed by atoms with Gasteiger partial charge in [-0.1, -0.05) is 18.2 Å². The normalized spacial score (nSPS) is 16.3. The monoisotopic (exact) mass is 404 g/mol. The van der Waals surface area contributed by atoms with Crippen molar-refractivity contribution in [3.63, 3.8) is 0 Å². The van der Waals surface area contributed by atoms with E-state index in [0.717, 1.165) is 48.0 Å². The smallest absolute Gasteiger partial charge is 0.227 e. The second kappa shape index (κ2) is 7.57. The van der Waals surface area contributed by atoms with Crippen molar-refractivity contribution in [2.75, 3.05) is 54.8 Å². The van der Waals surface area contributed by atoms with E-state index in [0.29, 0.717) is 5.95 Å². The maximum absolute atomic E-state index is 4.82. The summed E-state index contributed by atoms with van der Waals surface area (Å²) in [5.41, 5.74) is 5.56. The number of piperazine rings is 1. The number of aromatic nitrogens is 2. The molecule has 1 aromatic heterocycles. The van der Waals surface area contributed by atoms with Crippen molar-refractivity contribution in [1.82, 2.24) is 14.9 Å². The fourth-order valence-corrected chi connectivity index (χ4v) is 4.68. The van der Waals surface area contributed by atoms with E-state index in [4.69, 9.17) is 4.98 Å². The largest absolute Gasteiger partial charge is 0.369 e. The third kappa shape index (κ3) is 3.63. The summed E-state index contributed by atoms with van der Waals surface area (Å²) in [4.78, 5) is 15.2. The standard InChI is InChI=1S/C22H24N6S/c1-26-11-13-28(14-12-26)17-9-7-16(8-10-17)24-22-23-15-20-21(25-22)18-5-3-4-6-19(18)27(2)29-20/h3-10,15H,11-14H2,1-2H3,(H,23,24,25). The van der Waals surface area contributed by atoms with E-state index < -0.39 is 0 Å². The summed E-state index contributed by atoms with van der Waals surface area (Å²) < 4.78 is 2.16. The Labute approximate surface area is 175 Å². The number of nitrogens with one attached hydrogen (secondary N) is 1. The van der Waals surface area contributed by atoms with Gasteiger partial charge in [0, 0.05) is 56.4 Å². The van der Waals surface area contributed by atoms with Gasteiger partial charge >= 0.3 is 0 Å². The van der Waals surface area contributed by atoms with Gasteiger partial charge in [0.1, 0.15) is 0 Å². The quantitative estimate of drug-likeness (QED) is 0.660. The van der Waals surface area contributed by atoms with Crippen molar-refractivity contribution in [1.29, 1.82) is 0 Å². The fraction of sp³-hybridized carbons (Fsp3) is 0.273. The summed E-state index contributed by atoms with van der Waals surface area (Å²) in [6.07, 6.45) is 1.90. The number of nitrogens with zero attached hydrogens (tertiary/aromatic N) is 5. The van der Waals surface area contributed by atoms with Crippen LogP contribution in [0.1, 0.15) is 0 Å². The molecule has 2 aromatic carbocycles. The molecule has 3 aromatic rings. The molecular formula is C22H24N6S. The average Bonchev–Trinajstić information content (AvgIpc) is 2.76. The lowest BCUT2D eigenvalue weighted by atomic mass is 10.1. The highest BCUT2D eigenvalue weighted by Crippen LogP contribution is 2.44. The van der Waals surface area contributed by atoms with Crippen LogP contribution in [0.5, 0.6) is 0 Å². The lowest BCUT2D eigenvalue weighted by molar-refractivity contribution is 0.313. The number of fused-ring (bicyclic) bond motifs is 3. The summed E-state index contributed by atoms with van der Waals surface area (Å²) in [5.74, 6) is 0.621. The van der Waals surface area contributed by atoms with E-state index in [9.17, 15) is 0 Å². The molecule has 6 nitrogen and oxygen atoms in total. The van der Waals surface area contributed by atoms with Gasteiger partial charge in [0.15, 0.2) is 0 Å². The highest BCUT2D eigenvalue weighted by atomic mass is 32.2. The maximum atomic E-state index is 4.82. The molecule has 1 fully saturated rings. The summed E-state index contributed by atoms with van der Waals surface area (Å²) in [7, 11) is 4.25. The van der Waals surface area contributed by atoms with E-state index >= 15 is 0 Å². The molecule has 0 bridgehead atoms. The second-order valence-corrected chi connectivity index (χ2v) is 8.64. The van der Waals surface area contributed by atoms with Crippen LogP contribution < -0.4 is 14.5 Å². The zero-order valence-electron chi connectivity index (χ0n) is 16.7. The molecule has 0 spiro atoms. The molecule has 5 rings (SSSR count). The van der Waals surface area contributed by atoms with Gasteiger partial charge in [-0.2, -0.15) is 0 Å². The highest BCUT2D eigenvalue weighted by molar-refractivity contribution is 8.00. The third-order valence-electron chi connectivity index (χ3n) is 5.48. The van der Waals surface area contributed by atoms with Crippen LogP contribution in [0.3, 0.4) is 0 Å². The first-order valence-electron chi connectivity index (χ1n) is 9.86. The number of anilines is 4. The minimum Gasteiger partial charge on any atom is -0.369 e. The van der Waals surface area contributed by atoms with Gasteiger partial charge in [0.25, 0.3) is 0 Å². The molecule has 0 radical (unpaired) electrons. The summed E-state index contributed by atoms with van der Waals surface area (Å²) in [6, 6.07) is 16.9. The lowest BCUT2D eigenvalue weighted by Crippen LogP contribution is -2.44. The van der Waals surface area contributed by atoms with Crippen LogP contribution >= 0.6 is 11.9 Å². The van der Waals surface area contributed by atoms with E-state index in [1.165, 1.54) is 11.4 Å². The second-order valence-electron chi connectivity index (χ2n) is 7.47. The van der Waals surface area contributed by atoms with Gasteiger partial charge in [-0.15, -0.1) is 0 Å². The number of rotatable bonds is 3. The Morgan fingerprint density at radius 2 is 1.69 bits per heavy atom. The van der Waals surface area contributed by atoms with Gasteiger partial charge in [0.05, 0.1) is 16.3 Å². The minimum atomic E-state index is 0.621. The Kier molecular flexibility index (Phi) is 4.77. The van der Waals surface area contributed by atoms with Crippen molar-refractivity contribution in [2.24, 2.45) is 0 Å².